The van der Waals surface area contributed by atoms with Crippen molar-refractivity contribution < 1.29 is 26.5 Å². The Morgan fingerprint density at radius 3 is 2.75 bits per heavy atom. The van der Waals surface area contributed by atoms with Crippen LogP contribution in [0.4, 0.5) is 4.39 Å². The first-order valence-electron chi connectivity index (χ1n) is 8.10. The van der Waals surface area contributed by atoms with Gasteiger partial charge in [-0.1, -0.05) is 18.2 Å². The Hall–Kier alpha value is -1.02. The van der Waals surface area contributed by atoms with Gasteiger partial charge in [-0.2, -0.15) is 8.42 Å². The van der Waals surface area contributed by atoms with E-state index in [1.165, 1.54) is 6.07 Å². The Kier molecular flexibility index (Phi) is 4.72. The monoisotopic (exact) mass is 358 g/mol. The third kappa shape index (κ3) is 3.79. The third-order valence-electron chi connectivity index (χ3n) is 5.04. The minimum absolute atomic E-state index is 0.0194. The molecule has 134 valence electrons. The summed E-state index contributed by atoms with van der Waals surface area (Å²) in [6.07, 6.45) is 1.80. The maximum absolute atomic E-state index is 13.7. The van der Waals surface area contributed by atoms with Gasteiger partial charge in [0, 0.05) is 5.56 Å². The zero-order valence-corrected chi connectivity index (χ0v) is 14.9. The second kappa shape index (κ2) is 6.37. The van der Waals surface area contributed by atoms with Crippen LogP contribution in [0.25, 0.3) is 0 Å². The lowest BCUT2D eigenvalue weighted by atomic mass is 9.78. The molecule has 0 spiro atoms. The predicted molar refractivity (Wildman–Crippen MR) is 86.4 cm³/mol. The van der Waals surface area contributed by atoms with E-state index in [9.17, 15) is 12.8 Å². The summed E-state index contributed by atoms with van der Waals surface area (Å²) < 4.78 is 53.3. The van der Waals surface area contributed by atoms with Crippen LogP contribution >= 0.6 is 0 Å². The summed E-state index contributed by atoms with van der Waals surface area (Å²) in [4.78, 5) is 0. The molecular weight excluding hydrogens is 335 g/mol. The van der Waals surface area contributed by atoms with Gasteiger partial charge < -0.3 is 9.47 Å². The fourth-order valence-electron chi connectivity index (χ4n) is 3.49. The molecule has 2 fully saturated rings. The molecule has 1 saturated carbocycles. The van der Waals surface area contributed by atoms with E-state index >= 15 is 0 Å². The zero-order chi connectivity index (χ0) is 17.5. The first kappa shape index (κ1) is 17.8. The van der Waals surface area contributed by atoms with Crippen LogP contribution in [0.1, 0.15) is 32.3 Å². The van der Waals surface area contributed by atoms with Gasteiger partial charge in [0.1, 0.15) is 11.4 Å². The standard InChI is InChI=1S/C17H23FO5S/c1-11(23-24(3,19)20)13-8-15(17(2)16(9-13)22-17)21-10-12-6-4-5-7-14(12)18/h4-7,11,13,15-16H,8-10H2,1-3H3. The second-order valence-electron chi connectivity index (χ2n) is 6.92. The first-order chi connectivity index (χ1) is 11.2. The smallest absolute Gasteiger partial charge is 0.264 e. The summed E-state index contributed by atoms with van der Waals surface area (Å²) in [6, 6.07) is 6.51. The lowest BCUT2D eigenvalue weighted by molar-refractivity contribution is -0.0382. The Morgan fingerprint density at radius 2 is 2.08 bits per heavy atom. The zero-order valence-electron chi connectivity index (χ0n) is 14.1. The Balaban J connectivity index is 1.65. The van der Waals surface area contributed by atoms with Gasteiger partial charge in [0.25, 0.3) is 10.1 Å². The van der Waals surface area contributed by atoms with Crippen LogP contribution in [0.2, 0.25) is 0 Å². The van der Waals surface area contributed by atoms with E-state index in [1.54, 1.807) is 25.1 Å². The molecule has 24 heavy (non-hydrogen) atoms. The highest BCUT2D eigenvalue weighted by atomic mass is 32.2. The molecule has 0 bridgehead atoms. The van der Waals surface area contributed by atoms with Crippen LogP contribution in [0.5, 0.6) is 0 Å². The molecule has 0 N–H and O–H groups in total. The molecule has 5 nitrogen and oxygen atoms in total. The maximum Gasteiger partial charge on any atom is 0.264 e. The number of ether oxygens (including phenoxy) is 2. The molecule has 3 rings (SSSR count). The number of benzene rings is 1. The SMILES string of the molecule is CC(OS(C)(=O)=O)C1CC(OCc2ccccc2F)C2(C)OC2C1. The van der Waals surface area contributed by atoms with Gasteiger partial charge in [0.15, 0.2) is 0 Å². The highest BCUT2D eigenvalue weighted by Gasteiger charge is 2.62. The van der Waals surface area contributed by atoms with E-state index in [-0.39, 0.29) is 36.2 Å². The molecular formula is C17H23FO5S. The van der Waals surface area contributed by atoms with Crippen LogP contribution in [-0.4, -0.2) is 38.6 Å². The van der Waals surface area contributed by atoms with E-state index < -0.39 is 16.2 Å². The fraction of sp³-hybridized carbons (Fsp3) is 0.647. The van der Waals surface area contributed by atoms with Gasteiger partial charge >= 0.3 is 0 Å². The quantitative estimate of drug-likeness (QED) is 0.578. The molecule has 1 aliphatic heterocycles. The topological polar surface area (TPSA) is 65.1 Å². The highest BCUT2D eigenvalue weighted by molar-refractivity contribution is 7.86. The third-order valence-corrected chi connectivity index (χ3v) is 5.69. The molecule has 5 unspecified atom stereocenters. The van der Waals surface area contributed by atoms with Crippen LogP contribution in [0.15, 0.2) is 24.3 Å². The van der Waals surface area contributed by atoms with Crippen LogP contribution < -0.4 is 0 Å². The molecule has 1 aromatic carbocycles. The molecule has 0 aromatic heterocycles. The minimum atomic E-state index is -3.50. The molecule has 1 saturated heterocycles. The Bertz CT molecular complexity index is 707. The number of rotatable bonds is 6. The van der Waals surface area contributed by atoms with Gasteiger partial charge in [0.05, 0.1) is 31.2 Å². The molecule has 7 heteroatoms. The first-order valence-corrected chi connectivity index (χ1v) is 9.92. The van der Waals surface area contributed by atoms with Crippen molar-refractivity contribution in [3.05, 3.63) is 35.6 Å². The Morgan fingerprint density at radius 1 is 1.38 bits per heavy atom. The van der Waals surface area contributed by atoms with Crippen molar-refractivity contribution in [2.24, 2.45) is 5.92 Å². The van der Waals surface area contributed by atoms with E-state index in [0.717, 1.165) is 12.7 Å². The molecule has 1 aromatic rings. The summed E-state index contributed by atoms with van der Waals surface area (Å²) in [5, 5.41) is 0. The van der Waals surface area contributed by atoms with E-state index in [0.29, 0.717) is 12.0 Å². The Labute approximate surface area is 142 Å². The van der Waals surface area contributed by atoms with E-state index in [1.807, 2.05) is 6.92 Å². The normalized spacial score (nSPS) is 33.8. The van der Waals surface area contributed by atoms with Gasteiger partial charge in [0.2, 0.25) is 0 Å². The van der Waals surface area contributed by atoms with Crippen molar-refractivity contribution in [3.63, 3.8) is 0 Å². The van der Waals surface area contributed by atoms with Gasteiger partial charge in [-0.15, -0.1) is 0 Å². The molecule has 5 atom stereocenters. The minimum Gasteiger partial charge on any atom is -0.370 e. The lowest BCUT2D eigenvalue weighted by Gasteiger charge is -2.33. The van der Waals surface area contributed by atoms with Crippen LogP contribution in [-0.2, 0) is 30.4 Å². The van der Waals surface area contributed by atoms with Gasteiger partial charge in [-0.05, 0) is 38.7 Å². The van der Waals surface area contributed by atoms with Crippen molar-refractivity contribution >= 4 is 10.1 Å². The van der Waals surface area contributed by atoms with Crippen LogP contribution in [0.3, 0.4) is 0 Å². The number of halogens is 1. The average Bonchev–Trinajstić information content (AvgIpc) is 3.15. The number of hydrogen-bond donors (Lipinski definition) is 0. The predicted octanol–water partition coefficient (Wildman–Crippen LogP) is 2.64. The number of epoxide rings is 1. The van der Waals surface area contributed by atoms with Crippen molar-refractivity contribution in [1.82, 2.24) is 0 Å². The molecule has 2 aliphatic rings. The largest absolute Gasteiger partial charge is 0.370 e. The average molecular weight is 358 g/mol. The number of fused-ring (bicyclic) bond motifs is 1. The van der Waals surface area contributed by atoms with Crippen molar-refractivity contribution in [1.29, 1.82) is 0 Å². The van der Waals surface area contributed by atoms with Gasteiger partial charge in [-0.25, -0.2) is 4.39 Å². The summed E-state index contributed by atoms with van der Waals surface area (Å²) in [5.74, 6) is -0.275. The fourth-order valence-corrected chi connectivity index (χ4v) is 4.20. The van der Waals surface area contributed by atoms with E-state index in [2.05, 4.69) is 0 Å². The maximum atomic E-state index is 13.7. The lowest BCUT2D eigenvalue weighted by Crippen LogP contribution is -2.42. The molecule has 1 heterocycles. The van der Waals surface area contributed by atoms with Crippen molar-refractivity contribution in [2.45, 2.75) is 57.2 Å². The summed E-state index contributed by atoms with van der Waals surface area (Å²) in [6.45, 7) is 3.91. The second-order valence-corrected chi connectivity index (χ2v) is 8.52. The van der Waals surface area contributed by atoms with E-state index in [4.69, 9.17) is 13.7 Å². The highest BCUT2D eigenvalue weighted by Crippen LogP contribution is 2.51. The summed E-state index contributed by atoms with van der Waals surface area (Å²) in [7, 11) is -3.50. The van der Waals surface area contributed by atoms with Gasteiger partial charge in [-0.3, -0.25) is 4.18 Å². The molecule has 1 aliphatic carbocycles. The summed E-state index contributed by atoms with van der Waals surface area (Å²) in [5.41, 5.74) is 0.132. The van der Waals surface area contributed by atoms with Crippen molar-refractivity contribution in [2.75, 3.05) is 6.26 Å². The molecule has 0 radical (unpaired) electrons. The summed E-state index contributed by atoms with van der Waals surface area (Å²) >= 11 is 0. The molecule has 0 amide bonds. The van der Waals surface area contributed by atoms with Crippen molar-refractivity contribution in [3.8, 4) is 0 Å². The van der Waals surface area contributed by atoms with Crippen LogP contribution in [0, 0.1) is 11.7 Å². The number of hydrogen-bond acceptors (Lipinski definition) is 5.